The third kappa shape index (κ3) is 6.45. The summed E-state index contributed by atoms with van der Waals surface area (Å²) in [4.78, 5) is 49.7. The Morgan fingerprint density at radius 2 is 1.71 bits per heavy atom. The molecule has 0 radical (unpaired) electrons. The first kappa shape index (κ1) is 23.8. The summed E-state index contributed by atoms with van der Waals surface area (Å²) < 4.78 is 0. The first-order valence-electron chi connectivity index (χ1n) is 9.53. The van der Waals surface area contributed by atoms with Crippen LogP contribution >= 0.6 is 0 Å². The van der Waals surface area contributed by atoms with Crippen LogP contribution in [0.25, 0.3) is 0 Å². The highest BCUT2D eigenvalue weighted by atomic mass is 16.4. The number of nitrogens with zero attached hydrogens (tertiary/aromatic N) is 1. The fourth-order valence-electron chi connectivity index (χ4n) is 3.18. The maximum Gasteiger partial charge on any atom is 0.326 e. The van der Waals surface area contributed by atoms with E-state index in [1.165, 1.54) is 18.7 Å². The number of hydrogen-bond acceptors (Lipinski definition) is 6. The molecule has 10 heteroatoms. The van der Waals surface area contributed by atoms with Gasteiger partial charge in [0.1, 0.15) is 18.1 Å². The molecular formula is C18H32N4O6. The van der Waals surface area contributed by atoms with Gasteiger partial charge in [-0.05, 0) is 39.0 Å². The zero-order chi connectivity index (χ0) is 21.6. The number of carbonyl (C=O) groups is 4. The fourth-order valence-corrected chi connectivity index (χ4v) is 3.18. The molecule has 0 saturated carbocycles. The van der Waals surface area contributed by atoms with Crippen LogP contribution in [0.3, 0.4) is 0 Å². The highest BCUT2D eigenvalue weighted by molar-refractivity contribution is 5.94. The number of nitrogens with two attached hydrogens (primary N) is 1. The number of amides is 3. The van der Waals surface area contributed by atoms with Gasteiger partial charge in [0.2, 0.25) is 17.7 Å². The van der Waals surface area contributed by atoms with Gasteiger partial charge in [-0.3, -0.25) is 14.4 Å². The number of aliphatic hydroxyl groups is 1. The molecule has 5 atom stereocenters. The van der Waals surface area contributed by atoms with Gasteiger partial charge in [0.05, 0.1) is 12.1 Å². The summed E-state index contributed by atoms with van der Waals surface area (Å²) in [5, 5.41) is 23.9. The van der Waals surface area contributed by atoms with Gasteiger partial charge in [-0.1, -0.05) is 13.8 Å². The van der Waals surface area contributed by atoms with Crippen LogP contribution < -0.4 is 16.4 Å². The van der Waals surface area contributed by atoms with Crippen molar-refractivity contribution in [3.8, 4) is 0 Å². The quantitative estimate of drug-likeness (QED) is 0.325. The van der Waals surface area contributed by atoms with Crippen molar-refractivity contribution < 1.29 is 29.4 Å². The van der Waals surface area contributed by atoms with E-state index in [-0.39, 0.29) is 5.92 Å². The van der Waals surface area contributed by atoms with Crippen LogP contribution in [0.2, 0.25) is 0 Å². The number of likely N-dealkylation sites (tertiary alicyclic amines) is 1. The molecule has 1 saturated heterocycles. The number of carboxylic acids is 1. The van der Waals surface area contributed by atoms with Crippen molar-refractivity contribution >= 4 is 23.7 Å². The molecule has 1 aliphatic rings. The van der Waals surface area contributed by atoms with Gasteiger partial charge >= 0.3 is 5.97 Å². The van der Waals surface area contributed by atoms with E-state index in [0.29, 0.717) is 25.8 Å². The Labute approximate surface area is 164 Å². The third-order valence-corrected chi connectivity index (χ3v) is 4.67. The summed E-state index contributed by atoms with van der Waals surface area (Å²) in [6.07, 6.45) is 0.141. The Morgan fingerprint density at radius 3 is 2.21 bits per heavy atom. The second kappa shape index (κ2) is 10.4. The van der Waals surface area contributed by atoms with Gasteiger partial charge in [-0.2, -0.15) is 0 Å². The average Bonchev–Trinajstić information content (AvgIpc) is 3.07. The molecular weight excluding hydrogens is 368 g/mol. The minimum absolute atomic E-state index is 0.180. The van der Waals surface area contributed by atoms with E-state index in [1.807, 2.05) is 13.8 Å². The standard InChI is InChI=1S/C18H32N4O6/c1-9(2)8-12(19)15(24)21-14(11(4)23)16(25)20-10(3)17(26)22-7-5-6-13(22)18(27)28/h9-14,23H,5-8,19H2,1-4H3,(H,20,25)(H,21,24)(H,27,28). The number of carboxylic acid groups (broad SMARTS) is 1. The van der Waals surface area contributed by atoms with Crippen molar-refractivity contribution in [1.82, 2.24) is 15.5 Å². The van der Waals surface area contributed by atoms with E-state index < -0.39 is 54.0 Å². The predicted molar refractivity (Wildman–Crippen MR) is 101 cm³/mol. The van der Waals surface area contributed by atoms with Crippen molar-refractivity contribution in [1.29, 1.82) is 0 Å². The Kier molecular flexibility index (Phi) is 8.83. The molecule has 10 nitrogen and oxygen atoms in total. The predicted octanol–water partition coefficient (Wildman–Crippen LogP) is -1.19. The van der Waals surface area contributed by atoms with Crippen molar-refractivity contribution in [2.45, 2.75) is 77.2 Å². The van der Waals surface area contributed by atoms with Crippen LogP contribution in [-0.4, -0.2) is 75.6 Å². The zero-order valence-electron chi connectivity index (χ0n) is 16.8. The normalized spacial score (nSPS) is 21.0. The fraction of sp³-hybridized carbons (Fsp3) is 0.778. The number of rotatable bonds is 9. The molecule has 5 unspecified atom stereocenters. The number of carbonyl (C=O) groups excluding carboxylic acids is 3. The molecule has 1 aliphatic heterocycles. The van der Waals surface area contributed by atoms with E-state index in [1.54, 1.807) is 0 Å². The number of aliphatic hydroxyl groups excluding tert-OH is 1. The van der Waals surface area contributed by atoms with Crippen LogP contribution in [0.5, 0.6) is 0 Å². The van der Waals surface area contributed by atoms with Crippen LogP contribution in [0.1, 0.15) is 47.0 Å². The summed E-state index contributed by atoms with van der Waals surface area (Å²) >= 11 is 0. The first-order valence-corrected chi connectivity index (χ1v) is 9.53. The Balaban J connectivity index is 2.73. The second-order valence-corrected chi connectivity index (χ2v) is 7.72. The molecule has 3 amide bonds. The second-order valence-electron chi connectivity index (χ2n) is 7.72. The highest BCUT2D eigenvalue weighted by Crippen LogP contribution is 2.18. The summed E-state index contributed by atoms with van der Waals surface area (Å²) in [6, 6.07) is -4.02. The molecule has 6 N–H and O–H groups in total. The minimum Gasteiger partial charge on any atom is -0.480 e. The Hall–Kier alpha value is -2.20. The molecule has 1 fully saturated rings. The van der Waals surface area contributed by atoms with Gasteiger partial charge in [-0.25, -0.2) is 4.79 Å². The van der Waals surface area contributed by atoms with E-state index in [2.05, 4.69) is 10.6 Å². The third-order valence-electron chi connectivity index (χ3n) is 4.67. The summed E-state index contributed by atoms with van der Waals surface area (Å²) in [5.74, 6) is -2.74. The number of nitrogens with one attached hydrogen (secondary N) is 2. The Bertz CT molecular complexity index is 595. The molecule has 0 aromatic rings. The molecule has 0 spiro atoms. The maximum absolute atomic E-state index is 12.5. The minimum atomic E-state index is -1.28. The summed E-state index contributed by atoms with van der Waals surface area (Å²) in [5.41, 5.74) is 5.80. The topological polar surface area (TPSA) is 162 Å². The van der Waals surface area contributed by atoms with Gasteiger partial charge in [-0.15, -0.1) is 0 Å². The summed E-state index contributed by atoms with van der Waals surface area (Å²) in [6.45, 7) is 6.88. The molecule has 1 rings (SSSR count). The van der Waals surface area contributed by atoms with Crippen LogP contribution in [0, 0.1) is 5.92 Å². The molecule has 1 heterocycles. The van der Waals surface area contributed by atoms with Crippen LogP contribution in [0.4, 0.5) is 0 Å². The summed E-state index contributed by atoms with van der Waals surface area (Å²) in [7, 11) is 0. The lowest BCUT2D eigenvalue weighted by molar-refractivity contribution is -0.149. The molecule has 0 aliphatic carbocycles. The van der Waals surface area contributed by atoms with Crippen molar-refractivity contribution in [2.75, 3.05) is 6.54 Å². The van der Waals surface area contributed by atoms with Crippen LogP contribution in [0.15, 0.2) is 0 Å². The molecule has 28 heavy (non-hydrogen) atoms. The zero-order valence-corrected chi connectivity index (χ0v) is 16.8. The van der Waals surface area contributed by atoms with E-state index in [9.17, 15) is 29.4 Å². The van der Waals surface area contributed by atoms with Crippen molar-refractivity contribution in [2.24, 2.45) is 11.7 Å². The number of hydrogen-bond donors (Lipinski definition) is 5. The van der Waals surface area contributed by atoms with E-state index >= 15 is 0 Å². The molecule has 0 aromatic carbocycles. The van der Waals surface area contributed by atoms with Crippen molar-refractivity contribution in [3.05, 3.63) is 0 Å². The largest absolute Gasteiger partial charge is 0.480 e. The van der Waals surface area contributed by atoms with E-state index in [4.69, 9.17) is 5.73 Å². The molecule has 0 bridgehead atoms. The van der Waals surface area contributed by atoms with Gasteiger partial charge in [0, 0.05) is 6.54 Å². The van der Waals surface area contributed by atoms with Crippen LogP contribution in [-0.2, 0) is 19.2 Å². The van der Waals surface area contributed by atoms with Gasteiger partial charge in [0.25, 0.3) is 0 Å². The molecule has 0 aromatic heterocycles. The van der Waals surface area contributed by atoms with Gasteiger partial charge in [0.15, 0.2) is 0 Å². The SMILES string of the molecule is CC(C)CC(N)C(=O)NC(C(=O)NC(C)C(=O)N1CCCC1C(=O)O)C(C)O. The molecule has 160 valence electrons. The first-order chi connectivity index (χ1) is 13.0. The average molecular weight is 400 g/mol. The Morgan fingerprint density at radius 1 is 1.11 bits per heavy atom. The number of aliphatic carboxylic acids is 1. The van der Waals surface area contributed by atoms with E-state index in [0.717, 1.165) is 0 Å². The lowest BCUT2D eigenvalue weighted by atomic mass is 10.0. The maximum atomic E-state index is 12.5. The van der Waals surface area contributed by atoms with Gasteiger partial charge < -0.3 is 31.5 Å². The smallest absolute Gasteiger partial charge is 0.326 e. The lowest BCUT2D eigenvalue weighted by Crippen LogP contribution is -2.59. The highest BCUT2D eigenvalue weighted by Gasteiger charge is 2.37. The lowest BCUT2D eigenvalue weighted by Gasteiger charge is -2.28. The monoisotopic (exact) mass is 400 g/mol. The van der Waals surface area contributed by atoms with Crippen molar-refractivity contribution in [3.63, 3.8) is 0 Å².